The van der Waals surface area contributed by atoms with E-state index in [9.17, 15) is 9.59 Å². The Labute approximate surface area is 125 Å². The zero-order chi connectivity index (χ0) is 15.4. The van der Waals surface area contributed by atoms with E-state index in [1.807, 2.05) is 0 Å². The Hall–Kier alpha value is -1.71. The van der Waals surface area contributed by atoms with Gasteiger partial charge in [0.15, 0.2) is 5.69 Å². The molecular weight excluding hydrogens is 298 g/mol. The second kappa shape index (κ2) is 6.83. The molecule has 2 atom stereocenters. The van der Waals surface area contributed by atoms with E-state index in [1.165, 1.54) is 16.7 Å². The van der Waals surface area contributed by atoms with Gasteiger partial charge in [-0.05, 0) is 0 Å². The standard InChI is InChI=1S/C12H17N3O5S/c1-19-8-4-15(5-9(8)20-2)12(18)13-3-10-14-7(6-21-10)11(16)17/h6,8-9H,3-5H2,1-2H3,(H,13,18)(H,16,17). The third kappa shape index (κ3) is 3.69. The molecule has 1 fully saturated rings. The normalized spacial score (nSPS) is 21.5. The molecule has 0 radical (unpaired) electrons. The number of hydrogen-bond donors (Lipinski definition) is 2. The molecule has 1 saturated heterocycles. The van der Waals surface area contributed by atoms with Gasteiger partial charge in [0.1, 0.15) is 17.2 Å². The Morgan fingerprint density at radius 1 is 1.43 bits per heavy atom. The van der Waals surface area contributed by atoms with E-state index < -0.39 is 5.97 Å². The van der Waals surface area contributed by atoms with Crippen LogP contribution in [0.2, 0.25) is 0 Å². The van der Waals surface area contributed by atoms with Gasteiger partial charge < -0.3 is 24.8 Å². The number of hydrogen-bond acceptors (Lipinski definition) is 6. The fourth-order valence-corrected chi connectivity index (χ4v) is 2.82. The molecule has 2 rings (SSSR count). The molecule has 1 aliphatic heterocycles. The van der Waals surface area contributed by atoms with Crippen molar-refractivity contribution in [2.75, 3.05) is 27.3 Å². The van der Waals surface area contributed by atoms with E-state index in [0.29, 0.717) is 18.1 Å². The lowest BCUT2D eigenvalue weighted by molar-refractivity contribution is -0.00461. The number of carbonyl (C=O) groups excluding carboxylic acids is 1. The first kappa shape index (κ1) is 15.7. The fraction of sp³-hybridized carbons (Fsp3) is 0.583. The molecule has 8 nitrogen and oxygen atoms in total. The highest BCUT2D eigenvalue weighted by Crippen LogP contribution is 2.16. The minimum absolute atomic E-state index is 0.00989. The molecule has 2 heterocycles. The van der Waals surface area contributed by atoms with Crippen molar-refractivity contribution >= 4 is 23.3 Å². The summed E-state index contributed by atoms with van der Waals surface area (Å²) >= 11 is 1.20. The molecule has 0 spiro atoms. The van der Waals surface area contributed by atoms with Crippen molar-refractivity contribution in [3.05, 3.63) is 16.1 Å². The Bertz CT molecular complexity index is 509. The van der Waals surface area contributed by atoms with Gasteiger partial charge in [0.2, 0.25) is 0 Å². The quantitative estimate of drug-likeness (QED) is 0.815. The van der Waals surface area contributed by atoms with Gasteiger partial charge in [0.05, 0.1) is 19.6 Å². The maximum atomic E-state index is 12.0. The van der Waals surface area contributed by atoms with E-state index in [1.54, 1.807) is 19.1 Å². The lowest BCUT2D eigenvalue weighted by atomic mass is 10.3. The van der Waals surface area contributed by atoms with Crippen molar-refractivity contribution in [1.29, 1.82) is 0 Å². The van der Waals surface area contributed by atoms with Crippen molar-refractivity contribution in [1.82, 2.24) is 15.2 Å². The van der Waals surface area contributed by atoms with Gasteiger partial charge in [0.25, 0.3) is 0 Å². The van der Waals surface area contributed by atoms with Gasteiger partial charge in [-0.3, -0.25) is 0 Å². The molecule has 0 aromatic carbocycles. The molecule has 0 aliphatic carbocycles. The monoisotopic (exact) mass is 315 g/mol. The predicted molar refractivity (Wildman–Crippen MR) is 74.5 cm³/mol. The van der Waals surface area contributed by atoms with Crippen LogP contribution in [-0.4, -0.2) is 66.5 Å². The second-order valence-electron chi connectivity index (χ2n) is 4.54. The number of amides is 2. The second-order valence-corrected chi connectivity index (χ2v) is 5.49. The van der Waals surface area contributed by atoms with E-state index in [2.05, 4.69) is 10.3 Å². The van der Waals surface area contributed by atoms with Crippen molar-refractivity contribution in [2.24, 2.45) is 0 Å². The lowest BCUT2D eigenvalue weighted by Crippen LogP contribution is -2.38. The molecular formula is C12H17N3O5S. The number of rotatable bonds is 5. The molecule has 1 aromatic heterocycles. The number of thiazole rings is 1. The topological polar surface area (TPSA) is 101 Å². The van der Waals surface area contributed by atoms with Crippen LogP contribution in [0, 0.1) is 0 Å². The van der Waals surface area contributed by atoms with Gasteiger partial charge in [-0.1, -0.05) is 0 Å². The minimum Gasteiger partial charge on any atom is -0.476 e. The number of nitrogens with one attached hydrogen (secondary N) is 1. The summed E-state index contributed by atoms with van der Waals surface area (Å²) in [5, 5.41) is 13.5. The third-order valence-corrected chi connectivity index (χ3v) is 4.12. The number of carbonyl (C=O) groups is 2. The predicted octanol–water partition coefficient (Wildman–Crippen LogP) is 0.397. The van der Waals surface area contributed by atoms with Crippen LogP contribution in [-0.2, 0) is 16.0 Å². The van der Waals surface area contributed by atoms with E-state index in [-0.39, 0.29) is 30.5 Å². The number of nitrogens with zero attached hydrogens (tertiary/aromatic N) is 2. The first-order chi connectivity index (χ1) is 10.0. The largest absolute Gasteiger partial charge is 0.476 e. The fourth-order valence-electron chi connectivity index (χ4n) is 2.12. The molecule has 1 aliphatic rings. The van der Waals surface area contributed by atoms with Crippen LogP contribution in [0.25, 0.3) is 0 Å². The zero-order valence-electron chi connectivity index (χ0n) is 11.7. The smallest absolute Gasteiger partial charge is 0.355 e. The van der Waals surface area contributed by atoms with Crippen molar-refractivity contribution in [3.63, 3.8) is 0 Å². The number of urea groups is 1. The van der Waals surface area contributed by atoms with E-state index in [4.69, 9.17) is 14.6 Å². The van der Waals surface area contributed by atoms with Crippen LogP contribution in [0.3, 0.4) is 0 Å². The number of likely N-dealkylation sites (tertiary alicyclic amines) is 1. The molecule has 2 N–H and O–H groups in total. The average molecular weight is 315 g/mol. The van der Waals surface area contributed by atoms with Gasteiger partial charge >= 0.3 is 12.0 Å². The highest BCUT2D eigenvalue weighted by molar-refractivity contribution is 7.09. The van der Waals surface area contributed by atoms with Crippen LogP contribution >= 0.6 is 11.3 Å². The van der Waals surface area contributed by atoms with Crippen LogP contribution in [0.1, 0.15) is 15.5 Å². The number of carboxylic acids is 1. The molecule has 2 amide bonds. The maximum absolute atomic E-state index is 12.0. The summed E-state index contributed by atoms with van der Waals surface area (Å²) < 4.78 is 10.5. The molecule has 2 unspecified atom stereocenters. The Balaban J connectivity index is 1.86. The molecule has 116 valence electrons. The number of ether oxygens (including phenoxy) is 2. The van der Waals surface area contributed by atoms with Crippen LogP contribution in [0.15, 0.2) is 5.38 Å². The highest BCUT2D eigenvalue weighted by atomic mass is 32.1. The van der Waals surface area contributed by atoms with Crippen LogP contribution < -0.4 is 5.32 Å². The Morgan fingerprint density at radius 3 is 2.52 bits per heavy atom. The van der Waals surface area contributed by atoms with Gasteiger partial charge in [-0.15, -0.1) is 11.3 Å². The lowest BCUT2D eigenvalue weighted by Gasteiger charge is -2.16. The van der Waals surface area contributed by atoms with E-state index >= 15 is 0 Å². The summed E-state index contributed by atoms with van der Waals surface area (Å²) in [5.74, 6) is -1.07. The first-order valence-corrected chi connectivity index (χ1v) is 7.19. The van der Waals surface area contributed by atoms with Gasteiger partial charge in [0, 0.05) is 19.6 Å². The van der Waals surface area contributed by atoms with Gasteiger partial charge in [-0.2, -0.15) is 0 Å². The number of aromatic carboxylic acids is 1. The SMILES string of the molecule is COC1CN(C(=O)NCc2nc(C(=O)O)cs2)CC1OC. The molecule has 0 bridgehead atoms. The summed E-state index contributed by atoms with van der Waals surface area (Å²) in [6, 6.07) is -0.247. The first-order valence-electron chi connectivity index (χ1n) is 6.31. The maximum Gasteiger partial charge on any atom is 0.355 e. The van der Waals surface area contributed by atoms with Crippen LogP contribution in [0.5, 0.6) is 0 Å². The molecule has 21 heavy (non-hydrogen) atoms. The summed E-state index contributed by atoms with van der Waals surface area (Å²) in [6.07, 6.45) is -0.279. The minimum atomic E-state index is -1.07. The summed E-state index contributed by atoms with van der Waals surface area (Å²) in [6.45, 7) is 1.11. The summed E-state index contributed by atoms with van der Waals surface area (Å²) in [7, 11) is 3.17. The van der Waals surface area contributed by atoms with E-state index in [0.717, 1.165) is 0 Å². The van der Waals surface area contributed by atoms with Crippen molar-refractivity contribution in [3.8, 4) is 0 Å². The average Bonchev–Trinajstić information content (AvgIpc) is 3.10. The Morgan fingerprint density at radius 2 is 2.05 bits per heavy atom. The van der Waals surface area contributed by atoms with Crippen LogP contribution in [0.4, 0.5) is 4.79 Å². The third-order valence-electron chi connectivity index (χ3n) is 3.27. The Kier molecular flexibility index (Phi) is 5.10. The number of aromatic nitrogens is 1. The summed E-state index contributed by atoms with van der Waals surface area (Å²) in [5.41, 5.74) is -0.00989. The zero-order valence-corrected chi connectivity index (χ0v) is 12.6. The van der Waals surface area contributed by atoms with Crippen molar-refractivity contribution < 1.29 is 24.2 Å². The van der Waals surface area contributed by atoms with Gasteiger partial charge in [-0.25, -0.2) is 14.6 Å². The van der Waals surface area contributed by atoms with Crippen molar-refractivity contribution in [2.45, 2.75) is 18.8 Å². The molecule has 0 saturated carbocycles. The molecule has 1 aromatic rings. The molecule has 9 heteroatoms. The highest BCUT2D eigenvalue weighted by Gasteiger charge is 2.35. The number of methoxy groups -OCH3 is 2. The number of carboxylic acid groups (broad SMARTS) is 1. The summed E-state index contributed by atoms with van der Waals surface area (Å²) in [4.78, 5) is 28.3.